The molecule has 1 atom stereocenters. The van der Waals surface area contributed by atoms with E-state index in [1.165, 1.54) is 11.1 Å². The van der Waals surface area contributed by atoms with Gasteiger partial charge in [-0.3, -0.25) is 0 Å². The van der Waals surface area contributed by atoms with Crippen molar-refractivity contribution in [1.82, 2.24) is 0 Å². The minimum absolute atomic E-state index is 0.0681. The summed E-state index contributed by atoms with van der Waals surface area (Å²) in [5, 5.41) is 2.40. The Morgan fingerprint density at radius 3 is 2.35 bits per heavy atom. The van der Waals surface area contributed by atoms with E-state index >= 15 is 0 Å². The lowest BCUT2D eigenvalue weighted by Crippen LogP contribution is -2.19. The number of carbonyl (C=O) groups is 1. The van der Waals surface area contributed by atoms with Crippen molar-refractivity contribution in [3.63, 3.8) is 0 Å². The predicted molar refractivity (Wildman–Crippen MR) is 109 cm³/mol. The summed E-state index contributed by atoms with van der Waals surface area (Å²) in [6.45, 7) is 7.38. The Labute approximate surface area is 161 Å². The number of rotatable bonds is 7. The van der Waals surface area contributed by atoms with Crippen LogP contribution in [0.5, 0.6) is 0 Å². The van der Waals surface area contributed by atoms with Gasteiger partial charge in [0.2, 0.25) is 0 Å². The van der Waals surface area contributed by atoms with Gasteiger partial charge < -0.3 is 4.74 Å². The molecule has 0 saturated carbocycles. The molecule has 0 heterocycles. The summed E-state index contributed by atoms with van der Waals surface area (Å²) < 4.78 is 5.48. The van der Waals surface area contributed by atoms with E-state index in [0.29, 0.717) is 18.7 Å². The molecule has 26 heavy (non-hydrogen) atoms. The number of benzene rings is 2. The molecule has 1 unspecified atom stereocenters. The molecule has 0 spiro atoms. The first-order chi connectivity index (χ1) is 12.4. The second-order valence-corrected chi connectivity index (χ2v) is 7.60. The summed E-state index contributed by atoms with van der Waals surface area (Å²) in [6.07, 6.45) is 0.771. The summed E-state index contributed by atoms with van der Waals surface area (Å²) >= 11 is 4.68. The highest BCUT2D eigenvalue weighted by molar-refractivity contribution is 7.78. The molecule has 2 rings (SSSR count). The minimum Gasteiger partial charge on any atom is -0.462 e. The SMILES string of the molecule is CC(C)(C)c1ccc(CC(CN=C=S)COC(=O)c2ccccc2)cc1. The van der Waals surface area contributed by atoms with Crippen LogP contribution in [0.25, 0.3) is 0 Å². The molecule has 0 aliphatic rings. The zero-order valence-corrected chi connectivity index (χ0v) is 16.4. The Morgan fingerprint density at radius 2 is 1.77 bits per heavy atom. The van der Waals surface area contributed by atoms with E-state index in [1.54, 1.807) is 12.1 Å². The number of hydrogen-bond donors (Lipinski definition) is 0. The van der Waals surface area contributed by atoms with Crippen molar-refractivity contribution in [3.05, 3.63) is 71.3 Å². The highest BCUT2D eigenvalue weighted by Gasteiger charge is 2.16. The van der Waals surface area contributed by atoms with Crippen LogP contribution >= 0.6 is 12.2 Å². The van der Waals surface area contributed by atoms with Crippen LogP contribution in [0, 0.1) is 5.92 Å². The lowest BCUT2D eigenvalue weighted by atomic mass is 9.86. The normalized spacial score (nSPS) is 12.1. The highest BCUT2D eigenvalue weighted by Crippen LogP contribution is 2.23. The molecule has 0 bridgehead atoms. The maximum Gasteiger partial charge on any atom is 0.338 e. The number of aliphatic imine (C=N–C) groups is 1. The maximum absolute atomic E-state index is 12.1. The maximum atomic E-state index is 12.1. The van der Waals surface area contributed by atoms with E-state index in [9.17, 15) is 4.79 Å². The van der Waals surface area contributed by atoms with Gasteiger partial charge in [-0.05, 0) is 47.3 Å². The lowest BCUT2D eigenvalue weighted by molar-refractivity contribution is 0.0444. The van der Waals surface area contributed by atoms with Gasteiger partial charge in [0.15, 0.2) is 0 Å². The van der Waals surface area contributed by atoms with Crippen LogP contribution in [0.1, 0.15) is 42.3 Å². The van der Waals surface area contributed by atoms with Gasteiger partial charge in [-0.1, -0.05) is 63.2 Å². The average molecular weight is 368 g/mol. The summed E-state index contributed by atoms with van der Waals surface area (Å²) in [7, 11) is 0. The van der Waals surface area contributed by atoms with Gasteiger partial charge in [0.1, 0.15) is 0 Å². The van der Waals surface area contributed by atoms with Crippen molar-refractivity contribution >= 4 is 23.3 Å². The van der Waals surface area contributed by atoms with Gasteiger partial charge in [0.05, 0.1) is 23.9 Å². The van der Waals surface area contributed by atoms with Crippen LogP contribution in [0.4, 0.5) is 0 Å². The summed E-state index contributed by atoms with van der Waals surface area (Å²) in [5.41, 5.74) is 3.17. The van der Waals surface area contributed by atoms with Gasteiger partial charge in [-0.15, -0.1) is 0 Å². The Bertz CT molecular complexity index is 757. The average Bonchev–Trinajstić information content (AvgIpc) is 2.64. The van der Waals surface area contributed by atoms with Crippen LogP contribution in [0.15, 0.2) is 59.6 Å². The molecule has 0 amide bonds. The summed E-state index contributed by atoms with van der Waals surface area (Å²) in [5.74, 6) is -0.247. The van der Waals surface area contributed by atoms with Crippen molar-refractivity contribution in [1.29, 1.82) is 0 Å². The molecular weight excluding hydrogens is 342 g/mol. The quantitative estimate of drug-likeness (QED) is 0.388. The molecule has 3 nitrogen and oxygen atoms in total. The third-order valence-corrected chi connectivity index (χ3v) is 4.35. The first-order valence-electron chi connectivity index (χ1n) is 8.75. The molecule has 136 valence electrons. The molecule has 0 N–H and O–H groups in total. The van der Waals surface area contributed by atoms with Crippen LogP contribution in [-0.4, -0.2) is 24.3 Å². The van der Waals surface area contributed by atoms with Gasteiger partial charge >= 0.3 is 5.97 Å². The monoisotopic (exact) mass is 367 g/mol. The Balaban J connectivity index is 2.00. The first kappa shape index (κ1) is 20.0. The van der Waals surface area contributed by atoms with Crippen LogP contribution in [-0.2, 0) is 16.6 Å². The van der Waals surface area contributed by atoms with Crippen molar-refractivity contribution in [2.75, 3.05) is 13.2 Å². The fraction of sp³-hybridized carbons (Fsp3) is 0.364. The van der Waals surface area contributed by atoms with Crippen LogP contribution < -0.4 is 0 Å². The molecule has 0 saturated heterocycles. The standard InChI is InChI=1S/C22H25NO2S/c1-22(2,3)20-11-9-17(10-12-20)13-18(14-23-16-26)15-25-21(24)19-7-5-4-6-8-19/h4-12,18H,13-15H2,1-3H3. The first-order valence-corrected chi connectivity index (χ1v) is 9.16. The molecule has 0 aliphatic heterocycles. The largest absolute Gasteiger partial charge is 0.462 e. The van der Waals surface area contributed by atoms with Gasteiger partial charge in [-0.25, -0.2) is 9.79 Å². The van der Waals surface area contributed by atoms with E-state index in [4.69, 9.17) is 4.74 Å². The second-order valence-electron chi connectivity index (χ2n) is 7.41. The number of hydrogen-bond acceptors (Lipinski definition) is 4. The van der Waals surface area contributed by atoms with E-state index in [-0.39, 0.29) is 17.3 Å². The summed E-state index contributed by atoms with van der Waals surface area (Å²) in [4.78, 5) is 16.2. The topological polar surface area (TPSA) is 38.7 Å². The fourth-order valence-electron chi connectivity index (χ4n) is 2.67. The Kier molecular flexibility index (Phi) is 7.26. The number of esters is 1. The van der Waals surface area contributed by atoms with Crippen molar-refractivity contribution in [3.8, 4) is 0 Å². The Morgan fingerprint density at radius 1 is 1.12 bits per heavy atom. The van der Waals surface area contributed by atoms with Crippen LogP contribution in [0.3, 0.4) is 0 Å². The molecule has 0 aromatic heterocycles. The molecule has 4 heteroatoms. The van der Waals surface area contributed by atoms with Gasteiger partial charge in [0, 0.05) is 5.92 Å². The number of isothiocyanates is 1. The van der Waals surface area contributed by atoms with E-state index in [1.807, 2.05) is 18.2 Å². The van der Waals surface area contributed by atoms with Crippen LogP contribution in [0.2, 0.25) is 0 Å². The third kappa shape index (κ3) is 6.21. The second kappa shape index (κ2) is 9.42. The number of nitrogens with zero attached hydrogens (tertiary/aromatic N) is 1. The zero-order chi connectivity index (χ0) is 19.0. The number of carbonyl (C=O) groups excluding carboxylic acids is 1. The molecule has 2 aromatic carbocycles. The third-order valence-electron chi connectivity index (χ3n) is 4.22. The van der Waals surface area contributed by atoms with Crippen molar-refractivity contribution < 1.29 is 9.53 Å². The molecular formula is C22H25NO2S. The molecule has 0 fully saturated rings. The number of thiocarbonyl (C=S) groups is 1. The highest BCUT2D eigenvalue weighted by atomic mass is 32.1. The Hall–Kier alpha value is -2.29. The molecule has 2 aromatic rings. The predicted octanol–water partition coefficient (Wildman–Crippen LogP) is 5.10. The van der Waals surface area contributed by atoms with E-state index in [0.717, 1.165) is 6.42 Å². The number of ether oxygens (including phenoxy) is 1. The fourth-order valence-corrected chi connectivity index (χ4v) is 2.74. The summed E-state index contributed by atoms with van der Waals surface area (Å²) in [6, 6.07) is 17.6. The smallest absolute Gasteiger partial charge is 0.338 e. The minimum atomic E-state index is -0.315. The van der Waals surface area contributed by atoms with Crippen molar-refractivity contribution in [2.45, 2.75) is 32.6 Å². The van der Waals surface area contributed by atoms with Crippen molar-refractivity contribution in [2.24, 2.45) is 10.9 Å². The van der Waals surface area contributed by atoms with E-state index in [2.05, 4.69) is 67.4 Å². The molecule has 0 radical (unpaired) electrons. The lowest BCUT2D eigenvalue weighted by Gasteiger charge is -2.20. The van der Waals surface area contributed by atoms with Gasteiger partial charge in [0.25, 0.3) is 0 Å². The van der Waals surface area contributed by atoms with Gasteiger partial charge in [-0.2, -0.15) is 0 Å². The molecule has 0 aliphatic carbocycles. The van der Waals surface area contributed by atoms with E-state index < -0.39 is 0 Å². The zero-order valence-electron chi connectivity index (χ0n) is 15.6.